The van der Waals surface area contributed by atoms with Crippen molar-refractivity contribution < 1.29 is 4.92 Å². The predicted molar refractivity (Wildman–Crippen MR) is 76.6 cm³/mol. The van der Waals surface area contributed by atoms with Gasteiger partial charge in [-0.15, -0.1) is 0 Å². The monoisotopic (exact) mass is 281 g/mol. The molecule has 7 nitrogen and oxygen atoms in total. The van der Waals surface area contributed by atoms with Crippen LogP contribution in [0.3, 0.4) is 0 Å². The van der Waals surface area contributed by atoms with Crippen molar-refractivity contribution >= 4 is 5.69 Å². The van der Waals surface area contributed by atoms with Gasteiger partial charge in [0.1, 0.15) is 12.4 Å². The van der Waals surface area contributed by atoms with E-state index in [-0.39, 0.29) is 5.69 Å². The van der Waals surface area contributed by atoms with E-state index in [2.05, 4.69) is 28.7 Å². The van der Waals surface area contributed by atoms with Crippen LogP contribution in [0.15, 0.2) is 12.4 Å². The van der Waals surface area contributed by atoms with Gasteiger partial charge in [0, 0.05) is 38.8 Å². The minimum atomic E-state index is -0.408. The number of piperazine rings is 1. The molecule has 0 saturated carbocycles. The van der Waals surface area contributed by atoms with Crippen LogP contribution in [0, 0.1) is 10.1 Å². The summed E-state index contributed by atoms with van der Waals surface area (Å²) >= 11 is 0. The lowest BCUT2D eigenvalue weighted by Gasteiger charge is -2.36. The third-order valence-electron chi connectivity index (χ3n) is 3.83. The Labute approximate surface area is 119 Å². The van der Waals surface area contributed by atoms with Crippen molar-refractivity contribution in [3.8, 4) is 0 Å². The molecule has 0 atom stereocenters. The van der Waals surface area contributed by atoms with Gasteiger partial charge in [0.05, 0.1) is 4.92 Å². The summed E-state index contributed by atoms with van der Waals surface area (Å²) in [6, 6.07) is 0.627. The minimum absolute atomic E-state index is 0.0653. The van der Waals surface area contributed by atoms with Crippen LogP contribution < -0.4 is 0 Å². The molecule has 0 amide bonds. The maximum atomic E-state index is 10.6. The second kappa shape index (κ2) is 6.81. The van der Waals surface area contributed by atoms with Crippen LogP contribution in [-0.4, -0.2) is 63.3 Å². The molecule has 0 unspecified atom stereocenters. The third-order valence-corrected chi connectivity index (χ3v) is 3.83. The molecule has 1 aromatic heterocycles. The molecule has 1 aromatic rings. The van der Waals surface area contributed by atoms with Crippen molar-refractivity contribution in [1.29, 1.82) is 0 Å². The molecule has 1 saturated heterocycles. The van der Waals surface area contributed by atoms with Crippen LogP contribution in [0.4, 0.5) is 5.69 Å². The van der Waals surface area contributed by atoms with Gasteiger partial charge in [0.2, 0.25) is 0 Å². The molecule has 1 fully saturated rings. The fourth-order valence-corrected chi connectivity index (χ4v) is 2.53. The van der Waals surface area contributed by atoms with E-state index in [9.17, 15) is 10.1 Å². The van der Waals surface area contributed by atoms with Gasteiger partial charge in [-0.2, -0.15) is 5.10 Å². The molecule has 7 heteroatoms. The fraction of sp³-hybridized carbons (Fsp3) is 0.769. The summed E-state index contributed by atoms with van der Waals surface area (Å²) in [7, 11) is 0. The number of aromatic nitrogens is 2. The maximum absolute atomic E-state index is 10.6. The highest BCUT2D eigenvalue weighted by atomic mass is 16.6. The quantitative estimate of drug-likeness (QED) is 0.579. The Morgan fingerprint density at radius 2 is 2.00 bits per heavy atom. The fourth-order valence-electron chi connectivity index (χ4n) is 2.53. The van der Waals surface area contributed by atoms with E-state index >= 15 is 0 Å². The Bertz CT molecular complexity index is 438. The van der Waals surface area contributed by atoms with Gasteiger partial charge in [-0.1, -0.05) is 0 Å². The number of nitro groups is 1. The average molecular weight is 281 g/mol. The maximum Gasteiger partial charge on any atom is 0.306 e. The first-order valence-corrected chi connectivity index (χ1v) is 7.19. The van der Waals surface area contributed by atoms with Gasteiger partial charge in [-0.05, 0) is 26.8 Å². The van der Waals surface area contributed by atoms with Crippen molar-refractivity contribution in [3.05, 3.63) is 22.5 Å². The predicted octanol–water partition coefficient (Wildman–Crippen LogP) is 1.21. The van der Waals surface area contributed by atoms with Gasteiger partial charge >= 0.3 is 5.69 Å². The molecule has 0 radical (unpaired) electrons. The highest BCUT2D eigenvalue weighted by Crippen LogP contribution is 2.09. The van der Waals surface area contributed by atoms with E-state index in [1.165, 1.54) is 12.4 Å². The summed E-state index contributed by atoms with van der Waals surface area (Å²) in [5, 5.41) is 14.6. The molecule has 2 heterocycles. The standard InChI is InChI=1S/C13H23N5O2/c1-12(2)16-8-6-15(7-9-16)4-3-5-17-11-13(10-14-17)18(19)20/h10-12H,3-9H2,1-2H3. The van der Waals surface area contributed by atoms with Crippen molar-refractivity contribution in [2.45, 2.75) is 32.9 Å². The van der Waals surface area contributed by atoms with Crippen molar-refractivity contribution in [2.75, 3.05) is 32.7 Å². The summed E-state index contributed by atoms with van der Waals surface area (Å²) in [5.41, 5.74) is 0.0653. The summed E-state index contributed by atoms with van der Waals surface area (Å²) in [5.74, 6) is 0. The molecule has 0 aromatic carbocycles. The van der Waals surface area contributed by atoms with Crippen molar-refractivity contribution in [1.82, 2.24) is 19.6 Å². The average Bonchev–Trinajstić information content (AvgIpc) is 2.88. The Hall–Kier alpha value is -1.47. The summed E-state index contributed by atoms with van der Waals surface area (Å²) in [6.45, 7) is 10.7. The van der Waals surface area contributed by atoms with Gasteiger partial charge < -0.3 is 4.90 Å². The Morgan fingerprint density at radius 1 is 1.30 bits per heavy atom. The minimum Gasteiger partial charge on any atom is -0.301 e. The Kier molecular flexibility index (Phi) is 5.08. The lowest BCUT2D eigenvalue weighted by molar-refractivity contribution is -0.385. The van der Waals surface area contributed by atoms with Crippen molar-refractivity contribution in [3.63, 3.8) is 0 Å². The first-order valence-electron chi connectivity index (χ1n) is 7.19. The molecule has 1 aliphatic heterocycles. The first-order chi connectivity index (χ1) is 9.56. The largest absolute Gasteiger partial charge is 0.306 e. The molecule has 0 spiro atoms. The topological polar surface area (TPSA) is 67.4 Å². The molecule has 112 valence electrons. The summed E-state index contributed by atoms with van der Waals surface area (Å²) in [4.78, 5) is 15.1. The second-order valence-electron chi connectivity index (χ2n) is 5.54. The first kappa shape index (κ1) is 14.9. The molecular formula is C13H23N5O2. The number of hydrogen-bond acceptors (Lipinski definition) is 5. The number of rotatable bonds is 6. The SMILES string of the molecule is CC(C)N1CCN(CCCn2cc([N+](=O)[O-])cn2)CC1. The van der Waals surface area contributed by atoms with Crippen LogP contribution in [0.2, 0.25) is 0 Å². The molecule has 0 N–H and O–H groups in total. The van der Waals surface area contributed by atoms with Gasteiger partial charge in [0.15, 0.2) is 0 Å². The Morgan fingerprint density at radius 3 is 2.55 bits per heavy atom. The van der Waals surface area contributed by atoms with Crippen LogP contribution in [0.25, 0.3) is 0 Å². The molecule has 0 aliphatic carbocycles. The van der Waals surface area contributed by atoms with Crippen molar-refractivity contribution in [2.24, 2.45) is 0 Å². The summed E-state index contributed by atoms with van der Waals surface area (Å²) < 4.78 is 1.66. The van der Waals surface area contributed by atoms with Gasteiger partial charge in [-0.25, -0.2) is 0 Å². The van der Waals surface area contributed by atoms with E-state index in [4.69, 9.17) is 0 Å². The molecule has 2 rings (SSSR count). The van der Waals surface area contributed by atoms with Gasteiger partial charge in [0.25, 0.3) is 0 Å². The third kappa shape index (κ3) is 4.01. The molecular weight excluding hydrogens is 258 g/mol. The van der Waals surface area contributed by atoms with Crippen LogP contribution in [0.5, 0.6) is 0 Å². The molecule has 20 heavy (non-hydrogen) atoms. The van der Waals surface area contributed by atoms with E-state index in [1.54, 1.807) is 4.68 Å². The highest BCUT2D eigenvalue weighted by molar-refractivity contribution is 5.20. The number of aryl methyl sites for hydroxylation is 1. The highest BCUT2D eigenvalue weighted by Gasteiger charge is 2.18. The second-order valence-corrected chi connectivity index (χ2v) is 5.54. The normalized spacial score (nSPS) is 17.8. The van der Waals surface area contributed by atoms with Crippen LogP contribution in [-0.2, 0) is 6.54 Å². The summed E-state index contributed by atoms with van der Waals surface area (Å²) in [6.07, 6.45) is 3.78. The van der Waals surface area contributed by atoms with E-state index in [0.29, 0.717) is 6.04 Å². The molecule has 1 aliphatic rings. The lowest BCUT2D eigenvalue weighted by atomic mass is 10.2. The zero-order chi connectivity index (χ0) is 14.5. The number of nitrogens with zero attached hydrogens (tertiary/aromatic N) is 5. The van der Waals surface area contributed by atoms with Crippen LogP contribution >= 0.6 is 0 Å². The van der Waals surface area contributed by atoms with Crippen LogP contribution in [0.1, 0.15) is 20.3 Å². The lowest BCUT2D eigenvalue weighted by Crippen LogP contribution is -2.49. The zero-order valence-electron chi connectivity index (χ0n) is 12.2. The van der Waals surface area contributed by atoms with E-state index in [1.807, 2.05) is 0 Å². The van der Waals surface area contributed by atoms with Gasteiger partial charge in [-0.3, -0.25) is 19.7 Å². The zero-order valence-corrected chi connectivity index (χ0v) is 12.2. The number of hydrogen-bond donors (Lipinski definition) is 0. The smallest absolute Gasteiger partial charge is 0.301 e. The van der Waals surface area contributed by atoms with E-state index in [0.717, 1.165) is 45.7 Å². The Balaban J connectivity index is 1.67. The molecule has 0 bridgehead atoms. The van der Waals surface area contributed by atoms with E-state index < -0.39 is 4.92 Å².